The number of aryl methyl sites for hydroxylation is 1. The Kier molecular flexibility index (Phi) is 4.55. The summed E-state index contributed by atoms with van der Waals surface area (Å²) in [6.45, 7) is 2.07. The fourth-order valence-corrected chi connectivity index (χ4v) is 4.23. The molecule has 3 heterocycles. The molecule has 1 aliphatic heterocycles. The first kappa shape index (κ1) is 19.4. The number of carbonyl (C=O) groups is 1. The van der Waals surface area contributed by atoms with Crippen LogP contribution < -0.4 is 5.56 Å². The second kappa shape index (κ2) is 7.28. The Balaban J connectivity index is 1.61. The predicted molar refractivity (Wildman–Crippen MR) is 115 cm³/mol. The molecular weight excluding hydrogens is 397 g/mol. The Bertz CT molecular complexity index is 1410. The van der Waals surface area contributed by atoms with E-state index < -0.39 is 6.04 Å². The van der Waals surface area contributed by atoms with E-state index in [0.717, 1.165) is 16.5 Å². The summed E-state index contributed by atoms with van der Waals surface area (Å²) in [7, 11) is 1.69. The van der Waals surface area contributed by atoms with Crippen LogP contribution in [0.3, 0.4) is 0 Å². The van der Waals surface area contributed by atoms with Crippen molar-refractivity contribution in [1.82, 2.24) is 14.9 Å². The molecule has 4 aromatic rings. The van der Waals surface area contributed by atoms with Gasteiger partial charge in [0.15, 0.2) is 0 Å². The Morgan fingerprint density at radius 3 is 2.90 bits per heavy atom. The molecule has 31 heavy (non-hydrogen) atoms. The number of benzene rings is 2. The molecule has 1 amide bonds. The van der Waals surface area contributed by atoms with Crippen LogP contribution in [0.5, 0.6) is 0 Å². The molecule has 0 saturated carbocycles. The molecule has 2 aromatic heterocycles. The summed E-state index contributed by atoms with van der Waals surface area (Å²) in [5, 5.41) is 1.86. The SMILES string of the molecule is Cc1cc2c(=O)[nH]c3c(c2cc1F)C(N(C)C(=O)c1ccc2cccnc2c1)COC3. The highest BCUT2D eigenvalue weighted by Crippen LogP contribution is 2.34. The number of rotatable bonds is 2. The van der Waals surface area contributed by atoms with Crippen LogP contribution in [0.2, 0.25) is 0 Å². The van der Waals surface area contributed by atoms with Gasteiger partial charge in [0.1, 0.15) is 5.82 Å². The smallest absolute Gasteiger partial charge is 0.256 e. The number of aromatic nitrogens is 2. The highest BCUT2D eigenvalue weighted by molar-refractivity contribution is 5.98. The Hall–Kier alpha value is -3.58. The second-order valence-electron chi connectivity index (χ2n) is 7.85. The summed E-state index contributed by atoms with van der Waals surface area (Å²) in [6, 6.07) is 11.6. The third-order valence-corrected chi connectivity index (χ3v) is 5.92. The van der Waals surface area contributed by atoms with E-state index in [1.807, 2.05) is 18.2 Å². The molecule has 5 rings (SSSR count). The Morgan fingerprint density at radius 1 is 1.23 bits per heavy atom. The lowest BCUT2D eigenvalue weighted by molar-refractivity contribution is 0.0336. The maximum atomic E-state index is 14.4. The summed E-state index contributed by atoms with van der Waals surface area (Å²) in [5.41, 5.74) is 2.61. The number of H-pyrrole nitrogens is 1. The van der Waals surface area contributed by atoms with Gasteiger partial charge in [-0.15, -0.1) is 0 Å². The number of nitrogens with zero attached hydrogens (tertiary/aromatic N) is 2. The predicted octanol–water partition coefficient (Wildman–Crippen LogP) is 3.87. The van der Waals surface area contributed by atoms with E-state index in [9.17, 15) is 14.0 Å². The van der Waals surface area contributed by atoms with Crippen molar-refractivity contribution in [1.29, 1.82) is 0 Å². The Morgan fingerprint density at radius 2 is 2.06 bits per heavy atom. The van der Waals surface area contributed by atoms with Crippen molar-refractivity contribution in [3.05, 3.63) is 87.2 Å². The van der Waals surface area contributed by atoms with Gasteiger partial charge in [0.2, 0.25) is 0 Å². The minimum atomic E-state index is -0.475. The van der Waals surface area contributed by atoms with Gasteiger partial charge in [0.05, 0.1) is 24.8 Å². The summed E-state index contributed by atoms with van der Waals surface area (Å²) in [5.74, 6) is -0.596. The first-order valence-electron chi connectivity index (χ1n) is 9.98. The fourth-order valence-electron chi connectivity index (χ4n) is 4.23. The van der Waals surface area contributed by atoms with Crippen LogP contribution in [0, 0.1) is 12.7 Å². The van der Waals surface area contributed by atoms with Crippen LogP contribution in [0.1, 0.15) is 33.2 Å². The summed E-state index contributed by atoms with van der Waals surface area (Å²) < 4.78 is 20.1. The normalized spacial score (nSPS) is 15.8. The molecule has 1 aliphatic rings. The molecule has 1 unspecified atom stereocenters. The molecule has 0 saturated heterocycles. The standard InChI is InChI=1S/C24H20FN3O3/c1-13-8-17-16(10-18(13)25)22-20(27-23(17)29)11-31-12-21(22)28(2)24(30)15-6-5-14-4-3-7-26-19(14)9-15/h3-10,21H,11-12H2,1-2H3,(H,27,29). The van der Waals surface area contributed by atoms with Crippen molar-refractivity contribution < 1.29 is 13.9 Å². The first-order chi connectivity index (χ1) is 14.9. The highest BCUT2D eigenvalue weighted by Gasteiger charge is 2.31. The van der Waals surface area contributed by atoms with E-state index >= 15 is 0 Å². The van der Waals surface area contributed by atoms with Gasteiger partial charge >= 0.3 is 0 Å². The van der Waals surface area contributed by atoms with Crippen molar-refractivity contribution in [2.75, 3.05) is 13.7 Å². The van der Waals surface area contributed by atoms with Gasteiger partial charge in [-0.3, -0.25) is 14.6 Å². The Labute approximate surface area is 177 Å². The number of ether oxygens (including phenoxy) is 1. The van der Waals surface area contributed by atoms with Crippen molar-refractivity contribution >= 4 is 27.6 Å². The van der Waals surface area contributed by atoms with Crippen LogP contribution in [0.4, 0.5) is 4.39 Å². The van der Waals surface area contributed by atoms with E-state index in [2.05, 4.69) is 9.97 Å². The van der Waals surface area contributed by atoms with Gasteiger partial charge in [0, 0.05) is 40.8 Å². The van der Waals surface area contributed by atoms with Crippen molar-refractivity contribution in [2.24, 2.45) is 0 Å². The number of nitrogens with one attached hydrogen (secondary N) is 1. The number of likely N-dealkylation sites (N-methyl/N-ethyl adjacent to an activating group) is 1. The summed E-state index contributed by atoms with van der Waals surface area (Å²) in [6.07, 6.45) is 1.69. The maximum Gasteiger partial charge on any atom is 0.256 e. The number of aromatic amines is 1. The van der Waals surface area contributed by atoms with Gasteiger partial charge in [-0.2, -0.15) is 0 Å². The largest absolute Gasteiger partial charge is 0.373 e. The molecule has 0 fully saturated rings. The molecule has 0 radical (unpaired) electrons. The minimum absolute atomic E-state index is 0.203. The van der Waals surface area contributed by atoms with Crippen LogP contribution in [0.15, 0.2) is 53.5 Å². The molecule has 6 nitrogen and oxygen atoms in total. The molecule has 156 valence electrons. The van der Waals surface area contributed by atoms with Crippen LogP contribution in [0.25, 0.3) is 21.7 Å². The molecule has 1 atom stereocenters. The van der Waals surface area contributed by atoms with E-state index in [4.69, 9.17) is 4.74 Å². The molecule has 0 aliphatic carbocycles. The molecule has 0 bridgehead atoms. The maximum absolute atomic E-state index is 14.4. The highest BCUT2D eigenvalue weighted by atomic mass is 19.1. The molecule has 0 spiro atoms. The lowest BCUT2D eigenvalue weighted by atomic mass is 9.94. The molecule has 7 heteroatoms. The quantitative estimate of drug-likeness (QED) is 0.537. The van der Waals surface area contributed by atoms with E-state index in [1.54, 1.807) is 43.3 Å². The number of halogens is 1. The van der Waals surface area contributed by atoms with Crippen molar-refractivity contribution in [2.45, 2.75) is 19.6 Å². The zero-order chi connectivity index (χ0) is 21.7. The number of fused-ring (bicyclic) bond motifs is 4. The van der Waals surface area contributed by atoms with E-state index in [0.29, 0.717) is 27.6 Å². The molecular formula is C24H20FN3O3. The number of hydrogen-bond acceptors (Lipinski definition) is 4. The average Bonchev–Trinajstić information content (AvgIpc) is 2.78. The third-order valence-electron chi connectivity index (χ3n) is 5.92. The van der Waals surface area contributed by atoms with Crippen LogP contribution >= 0.6 is 0 Å². The second-order valence-corrected chi connectivity index (χ2v) is 7.85. The van der Waals surface area contributed by atoms with Crippen molar-refractivity contribution in [3.63, 3.8) is 0 Å². The average molecular weight is 417 g/mol. The fraction of sp³-hybridized carbons (Fsp3) is 0.208. The lowest BCUT2D eigenvalue weighted by Gasteiger charge is -2.34. The zero-order valence-electron chi connectivity index (χ0n) is 17.1. The minimum Gasteiger partial charge on any atom is -0.373 e. The van der Waals surface area contributed by atoms with Crippen molar-refractivity contribution in [3.8, 4) is 0 Å². The van der Waals surface area contributed by atoms with Gasteiger partial charge in [-0.1, -0.05) is 12.1 Å². The summed E-state index contributed by atoms with van der Waals surface area (Å²) >= 11 is 0. The number of hydrogen-bond donors (Lipinski definition) is 1. The van der Waals surface area contributed by atoms with E-state index in [-0.39, 0.29) is 30.5 Å². The zero-order valence-corrected chi connectivity index (χ0v) is 17.1. The van der Waals surface area contributed by atoms with Crippen LogP contribution in [-0.4, -0.2) is 34.4 Å². The number of amides is 1. The summed E-state index contributed by atoms with van der Waals surface area (Å²) in [4.78, 5) is 34.6. The number of carbonyl (C=O) groups excluding carboxylic acids is 1. The van der Waals surface area contributed by atoms with Gasteiger partial charge in [-0.05, 0) is 48.2 Å². The third kappa shape index (κ3) is 3.18. The van der Waals surface area contributed by atoms with Gasteiger partial charge < -0.3 is 14.6 Å². The first-order valence-corrected chi connectivity index (χ1v) is 9.98. The topological polar surface area (TPSA) is 75.3 Å². The van der Waals surface area contributed by atoms with Gasteiger partial charge in [-0.25, -0.2) is 4.39 Å². The monoisotopic (exact) mass is 417 g/mol. The number of pyridine rings is 2. The van der Waals surface area contributed by atoms with E-state index in [1.165, 1.54) is 6.07 Å². The molecule has 1 N–H and O–H groups in total. The lowest BCUT2D eigenvalue weighted by Crippen LogP contribution is -2.37. The van der Waals surface area contributed by atoms with Crippen LogP contribution in [-0.2, 0) is 11.3 Å². The van der Waals surface area contributed by atoms with Gasteiger partial charge in [0.25, 0.3) is 11.5 Å². The molecule has 2 aromatic carbocycles.